The van der Waals surface area contributed by atoms with Crippen molar-refractivity contribution in [3.8, 4) is 28.4 Å². The first-order valence-electron chi connectivity index (χ1n) is 9.59. The van der Waals surface area contributed by atoms with Crippen molar-refractivity contribution >= 4 is 28.0 Å². The lowest BCUT2D eigenvalue weighted by Crippen LogP contribution is -2.24. The Morgan fingerprint density at radius 3 is 2.15 bits per heavy atom. The van der Waals surface area contributed by atoms with Crippen molar-refractivity contribution in [2.75, 3.05) is 0 Å². The number of phenols is 1. The van der Waals surface area contributed by atoms with Gasteiger partial charge in [-0.15, -0.1) is 0 Å². The standard InChI is InChI=1S/C23H22N4O5S/c1-14(22(29)27-23(24)25)12-16-4-7-19(13-21(16)15-2-5-17(28)6-3-15)32-18-8-10-20(11-9-18)33(26,30)31/h2-13,28H,1H3,(H2,26,30,31)(H4,24,25,27,29)/b14-12+. The molecule has 0 aliphatic rings. The van der Waals surface area contributed by atoms with Crippen molar-refractivity contribution in [3.05, 3.63) is 77.9 Å². The zero-order valence-corrected chi connectivity index (χ0v) is 18.4. The molecule has 10 heteroatoms. The molecule has 0 aliphatic carbocycles. The minimum Gasteiger partial charge on any atom is -0.508 e. The number of nitrogens with zero attached hydrogens (tertiary/aromatic N) is 1. The number of benzene rings is 3. The minimum absolute atomic E-state index is 0.0268. The zero-order valence-electron chi connectivity index (χ0n) is 17.6. The monoisotopic (exact) mass is 466 g/mol. The molecule has 1 amide bonds. The number of aromatic hydroxyl groups is 1. The number of phenolic OH excluding ortho intramolecular Hbond substituents is 1. The first-order chi connectivity index (χ1) is 15.5. The topological polar surface area (TPSA) is 171 Å². The Morgan fingerprint density at radius 1 is 0.970 bits per heavy atom. The fourth-order valence-corrected chi connectivity index (χ4v) is 3.47. The SMILES string of the molecule is C/C(=C\c1ccc(Oc2ccc(S(N)(=O)=O)cc2)cc1-c1ccc(O)cc1)C(=O)N=C(N)N. The van der Waals surface area contributed by atoms with Gasteiger partial charge in [0.25, 0.3) is 5.91 Å². The first-order valence-corrected chi connectivity index (χ1v) is 11.1. The number of hydrogen-bond acceptors (Lipinski definition) is 5. The highest BCUT2D eigenvalue weighted by molar-refractivity contribution is 7.89. The van der Waals surface area contributed by atoms with E-state index in [0.29, 0.717) is 28.2 Å². The molecule has 33 heavy (non-hydrogen) atoms. The summed E-state index contributed by atoms with van der Waals surface area (Å²) >= 11 is 0. The molecule has 0 saturated carbocycles. The molecular formula is C23H22N4O5S. The lowest BCUT2D eigenvalue weighted by atomic mass is 9.97. The Labute approximate surface area is 190 Å². The van der Waals surface area contributed by atoms with Crippen LogP contribution in [-0.4, -0.2) is 25.4 Å². The van der Waals surface area contributed by atoms with Crippen LogP contribution in [0.5, 0.6) is 17.2 Å². The van der Waals surface area contributed by atoms with Crippen LogP contribution in [0.3, 0.4) is 0 Å². The molecular weight excluding hydrogens is 444 g/mol. The number of nitrogens with two attached hydrogens (primary N) is 3. The van der Waals surface area contributed by atoms with E-state index in [1.54, 1.807) is 55.5 Å². The Bertz CT molecular complexity index is 1340. The van der Waals surface area contributed by atoms with E-state index in [2.05, 4.69) is 4.99 Å². The van der Waals surface area contributed by atoms with Gasteiger partial charge in [0.05, 0.1) is 4.90 Å². The summed E-state index contributed by atoms with van der Waals surface area (Å²) in [6, 6.07) is 17.4. The number of carbonyl (C=O) groups is 1. The van der Waals surface area contributed by atoms with E-state index >= 15 is 0 Å². The third kappa shape index (κ3) is 6.19. The van der Waals surface area contributed by atoms with Gasteiger partial charge in [-0.2, -0.15) is 4.99 Å². The molecule has 0 aliphatic heterocycles. The summed E-state index contributed by atoms with van der Waals surface area (Å²) in [5, 5.41) is 14.8. The van der Waals surface area contributed by atoms with Gasteiger partial charge in [0.15, 0.2) is 5.96 Å². The van der Waals surface area contributed by atoms with Crippen molar-refractivity contribution in [1.29, 1.82) is 0 Å². The summed E-state index contributed by atoms with van der Waals surface area (Å²) in [5.74, 6) is 0.0798. The summed E-state index contributed by atoms with van der Waals surface area (Å²) < 4.78 is 28.7. The second-order valence-electron chi connectivity index (χ2n) is 7.08. The summed E-state index contributed by atoms with van der Waals surface area (Å²) in [5.41, 5.74) is 13.0. The molecule has 0 atom stereocenters. The lowest BCUT2D eigenvalue weighted by Gasteiger charge is -2.12. The Kier molecular flexibility index (Phi) is 6.80. The molecule has 170 valence electrons. The van der Waals surface area contributed by atoms with Crippen molar-refractivity contribution < 1.29 is 23.1 Å². The number of guanidine groups is 1. The number of ether oxygens (including phenoxy) is 1. The van der Waals surface area contributed by atoms with E-state index in [4.69, 9.17) is 21.3 Å². The van der Waals surface area contributed by atoms with E-state index in [9.17, 15) is 18.3 Å². The third-order valence-corrected chi connectivity index (χ3v) is 5.46. The van der Waals surface area contributed by atoms with Gasteiger partial charge in [-0.05, 0) is 78.2 Å². The zero-order chi connectivity index (χ0) is 24.2. The minimum atomic E-state index is -3.81. The molecule has 0 heterocycles. The first kappa shape index (κ1) is 23.5. The smallest absolute Gasteiger partial charge is 0.275 e. The van der Waals surface area contributed by atoms with Crippen molar-refractivity contribution in [2.45, 2.75) is 11.8 Å². The summed E-state index contributed by atoms with van der Waals surface area (Å²) in [4.78, 5) is 15.6. The number of amides is 1. The summed E-state index contributed by atoms with van der Waals surface area (Å²) in [6.45, 7) is 1.59. The van der Waals surface area contributed by atoms with Crippen LogP contribution in [0.4, 0.5) is 0 Å². The highest BCUT2D eigenvalue weighted by Crippen LogP contribution is 2.33. The van der Waals surface area contributed by atoms with Gasteiger partial charge in [-0.3, -0.25) is 4.79 Å². The van der Waals surface area contributed by atoms with Crippen LogP contribution in [0.15, 0.2) is 82.2 Å². The van der Waals surface area contributed by atoms with E-state index in [-0.39, 0.29) is 16.6 Å². The van der Waals surface area contributed by atoms with Crippen molar-refractivity contribution in [2.24, 2.45) is 21.6 Å². The predicted octanol–water partition coefficient (Wildman–Crippen LogP) is 2.70. The molecule has 0 saturated heterocycles. The van der Waals surface area contributed by atoms with Gasteiger partial charge >= 0.3 is 0 Å². The van der Waals surface area contributed by atoms with Crippen LogP contribution >= 0.6 is 0 Å². The van der Waals surface area contributed by atoms with Crippen LogP contribution < -0.4 is 21.3 Å². The highest BCUT2D eigenvalue weighted by atomic mass is 32.2. The van der Waals surface area contributed by atoms with Gasteiger partial charge in [-0.1, -0.05) is 18.2 Å². The second kappa shape index (κ2) is 9.55. The maximum Gasteiger partial charge on any atom is 0.275 e. The fraction of sp³-hybridized carbons (Fsp3) is 0.0435. The highest BCUT2D eigenvalue weighted by Gasteiger charge is 2.11. The molecule has 0 spiro atoms. The van der Waals surface area contributed by atoms with Gasteiger partial charge in [0.1, 0.15) is 17.2 Å². The molecule has 3 rings (SSSR count). The van der Waals surface area contributed by atoms with Gasteiger partial charge in [0, 0.05) is 5.57 Å². The summed E-state index contributed by atoms with van der Waals surface area (Å²) in [6.07, 6.45) is 1.64. The van der Waals surface area contributed by atoms with Crippen LogP contribution in [0.1, 0.15) is 12.5 Å². The maximum absolute atomic E-state index is 12.1. The average Bonchev–Trinajstić information content (AvgIpc) is 2.74. The molecule has 0 aromatic heterocycles. The molecule has 3 aromatic carbocycles. The van der Waals surface area contributed by atoms with E-state index < -0.39 is 15.9 Å². The van der Waals surface area contributed by atoms with Crippen LogP contribution in [0, 0.1) is 0 Å². The van der Waals surface area contributed by atoms with Gasteiger partial charge < -0.3 is 21.3 Å². The number of hydrogen-bond donors (Lipinski definition) is 4. The molecule has 7 N–H and O–H groups in total. The van der Waals surface area contributed by atoms with Crippen molar-refractivity contribution in [3.63, 3.8) is 0 Å². The summed E-state index contributed by atoms with van der Waals surface area (Å²) in [7, 11) is -3.81. The van der Waals surface area contributed by atoms with Crippen LogP contribution in [0.2, 0.25) is 0 Å². The Hall–Kier alpha value is -4.15. The largest absolute Gasteiger partial charge is 0.508 e. The number of sulfonamides is 1. The normalized spacial score (nSPS) is 11.6. The Balaban J connectivity index is 2.01. The Morgan fingerprint density at radius 2 is 1.58 bits per heavy atom. The van der Waals surface area contributed by atoms with E-state index in [1.807, 2.05) is 0 Å². The predicted molar refractivity (Wildman–Crippen MR) is 126 cm³/mol. The fourth-order valence-electron chi connectivity index (χ4n) is 2.95. The van der Waals surface area contributed by atoms with Crippen LogP contribution in [0.25, 0.3) is 17.2 Å². The van der Waals surface area contributed by atoms with Gasteiger partial charge in [0.2, 0.25) is 10.0 Å². The number of rotatable bonds is 6. The van der Waals surface area contributed by atoms with Crippen LogP contribution in [-0.2, 0) is 14.8 Å². The van der Waals surface area contributed by atoms with E-state index in [0.717, 1.165) is 5.56 Å². The maximum atomic E-state index is 12.1. The lowest BCUT2D eigenvalue weighted by molar-refractivity contribution is -0.114. The molecule has 9 nitrogen and oxygen atoms in total. The third-order valence-electron chi connectivity index (χ3n) is 4.53. The second-order valence-corrected chi connectivity index (χ2v) is 8.65. The molecule has 3 aromatic rings. The van der Waals surface area contributed by atoms with Gasteiger partial charge in [-0.25, -0.2) is 13.6 Å². The number of carbonyl (C=O) groups excluding carboxylic acids is 1. The number of aliphatic imine (C=N–C) groups is 1. The van der Waals surface area contributed by atoms with Crippen molar-refractivity contribution in [1.82, 2.24) is 0 Å². The average molecular weight is 467 g/mol. The van der Waals surface area contributed by atoms with E-state index in [1.165, 1.54) is 24.3 Å². The molecule has 0 bridgehead atoms. The number of primary sulfonamides is 1. The molecule has 0 unspecified atom stereocenters. The quantitative estimate of drug-likeness (QED) is 0.246. The molecule has 0 fully saturated rings. The molecule has 0 radical (unpaired) electrons.